The lowest BCUT2D eigenvalue weighted by molar-refractivity contribution is -0.140. The minimum absolute atomic E-state index is 0.0983. The summed E-state index contributed by atoms with van der Waals surface area (Å²) in [4.78, 5) is 29.1. The maximum Gasteiger partial charge on any atom is 0.243 e. The van der Waals surface area contributed by atoms with Gasteiger partial charge in [-0.25, -0.2) is 0 Å². The van der Waals surface area contributed by atoms with Crippen molar-refractivity contribution in [3.05, 3.63) is 143 Å². The first-order valence-corrected chi connectivity index (χ1v) is 12.4. The number of amides is 2. The Kier molecular flexibility index (Phi) is 8.90. The van der Waals surface area contributed by atoms with Crippen LogP contribution in [0, 0.1) is 0 Å². The molecule has 1 atom stereocenters. The molecule has 5 heteroatoms. The second kappa shape index (κ2) is 12.7. The average molecular weight is 497 g/mol. The van der Waals surface area contributed by atoms with Gasteiger partial charge < -0.3 is 10.2 Å². The maximum absolute atomic E-state index is 13.7. The number of carbonyl (C=O) groups excluding carboxylic acids is 2. The second-order valence-corrected chi connectivity index (χ2v) is 9.09. The van der Waals surface area contributed by atoms with Gasteiger partial charge in [-0.1, -0.05) is 121 Å². The largest absolute Gasteiger partial charge is 0.350 e. The van der Waals surface area contributed by atoms with E-state index in [1.54, 1.807) is 11.0 Å². The van der Waals surface area contributed by atoms with Gasteiger partial charge >= 0.3 is 0 Å². The van der Waals surface area contributed by atoms with Crippen LogP contribution < -0.4 is 5.32 Å². The molecule has 0 spiro atoms. The van der Waals surface area contributed by atoms with E-state index in [9.17, 15) is 9.59 Å². The van der Waals surface area contributed by atoms with Gasteiger partial charge in [0.2, 0.25) is 11.8 Å². The summed E-state index contributed by atoms with van der Waals surface area (Å²) in [6, 6.07) is 36.0. The molecule has 0 saturated heterocycles. The van der Waals surface area contributed by atoms with Crippen molar-refractivity contribution in [2.75, 3.05) is 0 Å². The van der Waals surface area contributed by atoms with Crippen molar-refractivity contribution in [1.82, 2.24) is 10.2 Å². The molecule has 0 aliphatic carbocycles. The summed E-state index contributed by atoms with van der Waals surface area (Å²) in [7, 11) is 0. The highest BCUT2D eigenvalue weighted by atomic mass is 35.5. The predicted molar refractivity (Wildman–Crippen MR) is 144 cm³/mol. The van der Waals surface area contributed by atoms with E-state index in [1.165, 1.54) is 0 Å². The predicted octanol–water partition coefficient (Wildman–Crippen LogP) is 5.84. The second-order valence-electron chi connectivity index (χ2n) is 8.68. The Labute approximate surface area is 217 Å². The van der Waals surface area contributed by atoms with Crippen molar-refractivity contribution < 1.29 is 9.59 Å². The van der Waals surface area contributed by atoms with Crippen LogP contribution in [0.5, 0.6) is 0 Å². The first kappa shape index (κ1) is 25.2. The minimum atomic E-state index is -0.689. The van der Waals surface area contributed by atoms with Crippen molar-refractivity contribution in [2.24, 2.45) is 0 Å². The summed E-state index contributed by atoms with van der Waals surface area (Å²) >= 11 is 6.31. The van der Waals surface area contributed by atoms with Gasteiger partial charge in [0.05, 0.1) is 6.42 Å². The van der Waals surface area contributed by atoms with Crippen LogP contribution in [0.2, 0.25) is 5.02 Å². The molecule has 36 heavy (non-hydrogen) atoms. The molecule has 0 aromatic heterocycles. The third-order valence-corrected chi connectivity index (χ3v) is 6.44. The van der Waals surface area contributed by atoms with Crippen molar-refractivity contribution in [3.8, 4) is 0 Å². The van der Waals surface area contributed by atoms with Crippen LogP contribution in [0.1, 0.15) is 22.3 Å². The molecule has 1 N–H and O–H groups in total. The molecule has 0 bridgehead atoms. The van der Waals surface area contributed by atoms with Gasteiger partial charge in [0.1, 0.15) is 6.04 Å². The Hall–Kier alpha value is -3.89. The zero-order valence-corrected chi connectivity index (χ0v) is 20.8. The molecular weight excluding hydrogens is 468 g/mol. The smallest absolute Gasteiger partial charge is 0.243 e. The number of rotatable bonds is 10. The van der Waals surface area contributed by atoms with Crippen LogP contribution in [-0.2, 0) is 35.5 Å². The van der Waals surface area contributed by atoms with Crippen LogP contribution >= 0.6 is 11.6 Å². The highest BCUT2D eigenvalue weighted by Gasteiger charge is 2.30. The molecule has 4 aromatic carbocycles. The van der Waals surface area contributed by atoms with Crippen LogP contribution in [0.3, 0.4) is 0 Å². The fraction of sp³-hybridized carbons (Fsp3) is 0.161. The highest BCUT2D eigenvalue weighted by Crippen LogP contribution is 2.18. The first-order valence-electron chi connectivity index (χ1n) is 12.0. The molecule has 0 saturated carbocycles. The lowest BCUT2D eigenvalue weighted by Crippen LogP contribution is -2.50. The van der Waals surface area contributed by atoms with E-state index in [0.29, 0.717) is 18.0 Å². The fourth-order valence-corrected chi connectivity index (χ4v) is 4.35. The summed E-state index contributed by atoms with van der Waals surface area (Å²) in [6.45, 7) is 0.624. The summed E-state index contributed by atoms with van der Waals surface area (Å²) < 4.78 is 0. The molecule has 0 heterocycles. The number of hydrogen-bond acceptors (Lipinski definition) is 2. The quantitative estimate of drug-likeness (QED) is 0.300. The summed E-state index contributed by atoms with van der Waals surface area (Å²) in [5.74, 6) is -0.310. The van der Waals surface area contributed by atoms with E-state index in [2.05, 4.69) is 5.32 Å². The van der Waals surface area contributed by atoms with E-state index in [-0.39, 0.29) is 24.8 Å². The van der Waals surface area contributed by atoms with Crippen molar-refractivity contribution >= 4 is 23.4 Å². The summed E-state index contributed by atoms with van der Waals surface area (Å²) in [5, 5.41) is 3.62. The van der Waals surface area contributed by atoms with E-state index in [0.717, 1.165) is 22.3 Å². The number of hydrogen-bond donors (Lipinski definition) is 1. The Morgan fingerprint density at radius 2 is 1.22 bits per heavy atom. The molecule has 0 aliphatic heterocycles. The number of carbonyl (C=O) groups is 2. The molecular formula is C31H29ClN2O2. The van der Waals surface area contributed by atoms with Gasteiger partial charge in [0.15, 0.2) is 0 Å². The van der Waals surface area contributed by atoms with E-state index < -0.39 is 6.04 Å². The van der Waals surface area contributed by atoms with E-state index >= 15 is 0 Å². The zero-order valence-electron chi connectivity index (χ0n) is 20.0. The molecule has 4 aromatic rings. The zero-order chi connectivity index (χ0) is 25.2. The monoisotopic (exact) mass is 496 g/mol. The Morgan fingerprint density at radius 1 is 0.694 bits per heavy atom. The van der Waals surface area contributed by atoms with Gasteiger partial charge in [-0.15, -0.1) is 0 Å². The van der Waals surface area contributed by atoms with Gasteiger partial charge in [0.25, 0.3) is 0 Å². The van der Waals surface area contributed by atoms with Gasteiger partial charge in [-0.2, -0.15) is 0 Å². The summed E-state index contributed by atoms with van der Waals surface area (Å²) in [5.41, 5.74) is 3.70. The normalized spacial score (nSPS) is 11.5. The van der Waals surface area contributed by atoms with Crippen molar-refractivity contribution in [2.45, 2.75) is 32.0 Å². The first-order chi connectivity index (χ1) is 17.6. The van der Waals surface area contributed by atoms with Crippen molar-refractivity contribution in [1.29, 1.82) is 0 Å². The number of halogens is 1. The SMILES string of the molecule is O=C(NCc1ccccc1Cl)C(Cc1ccccc1)N(Cc1ccccc1)C(=O)Cc1ccccc1. The molecule has 0 aliphatic rings. The van der Waals surface area contributed by atoms with Crippen LogP contribution in [0.25, 0.3) is 0 Å². The van der Waals surface area contributed by atoms with E-state index in [1.807, 2.05) is 109 Å². The third-order valence-electron chi connectivity index (χ3n) is 6.08. The number of nitrogens with one attached hydrogen (secondary N) is 1. The molecule has 4 nitrogen and oxygen atoms in total. The molecule has 2 amide bonds. The number of benzene rings is 4. The topological polar surface area (TPSA) is 49.4 Å². The van der Waals surface area contributed by atoms with Gasteiger partial charge in [-0.3, -0.25) is 9.59 Å². The standard InChI is InChI=1S/C31H29ClN2O2/c32-28-19-11-10-18-27(28)22-33-31(36)29(20-24-12-4-1-5-13-24)34(23-26-16-8-3-9-17-26)30(35)21-25-14-6-2-7-15-25/h1-19,29H,20-23H2,(H,33,36). The van der Waals surface area contributed by atoms with Gasteiger partial charge in [-0.05, 0) is 28.3 Å². The van der Waals surface area contributed by atoms with Crippen LogP contribution in [0.4, 0.5) is 0 Å². The average Bonchev–Trinajstić information content (AvgIpc) is 2.91. The van der Waals surface area contributed by atoms with Crippen molar-refractivity contribution in [3.63, 3.8) is 0 Å². The summed E-state index contributed by atoms with van der Waals surface area (Å²) in [6.07, 6.45) is 0.624. The Balaban J connectivity index is 1.63. The van der Waals surface area contributed by atoms with Crippen LogP contribution in [-0.4, -0.2) is 22.8 Å². The highest BCUT2D eigenvalue weighted by molar-refractivity contribution is 6.31. The fourth-order valence-electron chi connectivity index (χ4n) is 4.15. The molecule has 182 valence electrons. The van der Waals surface area contributed by atoms with Crippen LogP contribution in [0.15, 0.2) is 115 Å². The third kappa shape index (κ3) is 7.06. The van der Waals surface area contributed by atoms with E-state index in [4.69, 9.17) is 11.6 Å². The molecule has 0 radical (unpaired) electrons. The maximum atomic E-state index is 13.7. The Morgan fingerprint density at radius 3 is 1.83 bits per heavy atom. The molecule has 0 fully saturated rings. The Bertz CT molecular complexity index is 1260. The lowest BCUT2D eigenvalue weighted by atomic mass is 10.0. The number of nitrogens with zero attached hydrogens (tertiary/aromatic N) is 1. The van der Waals surface area contributed by atoms with Gasteiger partial charge in [0, 0.05) is 24.5 Å². The lowest BCUT2D eigenvalue weighted by Gasteiger charge is -2.32. The minimum Gasteiger partial charge on any atom is -0.350 e. The molecule has 1 unspecified atom stereocenters. The molecule has 4 rings (SSSR count).